The largest absolute Gasteiger partial charge is 0.508 e. The molecular weight excluding hydrogens is 458 g/mol. The third kappa shape index (κ3) is 5.48. The van der Waals surface area contributed by atoms with Gasteiger partial charge in [0.15, 0.2) is 0 Å². The summed E-state index contributed by atoms with van der Waals surface area (Å²) in [6.45, 7) is 12.8. The van der Waals surface area contributed by atoms with E-state index in [1.165, 1.54) is 11.1 Å². The number of phenols is 1. The van der Waals surface area contributed by atoms with Crippen molar-refractivity contribution in [1.82, 2.24) is 0 Å². The minimum absolute atomic E-state index is 0.00588. The van der Waals surface area contributed by atoms with Crippen LogP contribution >= 0.6 is 0 Å². The molecule has 4 heteroatoms. The maximum absolute atomic E-state index is 13.4. The molecule has 3 aromatic carbocycles. The van der Waals surface area contributed by atoms with Crippen molar-refractivity contribution in [2.24, 2.45) is 11.3 Å². The number of carbonyl (C=O) groups excluding carboxylic acids is 1. The summed E-state index contributed by atoms with van der Waals surface area (Å²) < 4.78 is 6.33. The number of anilines is 1. The molecule has 0 radical (unpaired) electrons. The summed E-state index contributed by atoms with van der Waals surface area (Å²) in [5, 5.41) is 10.2. The fourth-order valence-electron chi connectivity index (χ4n) is 5.94. The summed E-state index contributed by atoms with van der Waals surface area (Å²) in [4.78, 5) is 15.5. The van der Waals surface area contributed by atoms with E-state index in [0.29, 0.717) is 17.2 Å². The molecule has 0 fully saturated rings. The van der Waals surface area contributed by atoms with Gasteiger partial charge in [0.05, 0.1) is 11.3 Å². The molecule has 0 saturated heterocycles. The molecule has 1 aliphatic rings. The molecule has 1 N–H and O–H groups in total. The second-order valence-corrected chi connectivity index (χ2v) is 10.8. The number of esters is 1. The van der Waals surface area contributed by atoms with Crippen molar-refractivity contribution in [2.75, 3.05) is 4.90 Å². The molecule has 2 atom stereocenters. The first-order chi connectivity index (χ1) is 17.6. The summed E-state index contributed by atoms with van der Waals surface area (Å²) in [5.41, 5.74) is 5.22. The molecule has 0 aromatic heterocycles. The van der Waals surface area contributed by atoms with Crippen LogP contribution in [0.3, 0.4) is 0 Å². The minimum atomic E-state index is -0.492. The highest BCUT2D eigenvalue weighted by Gasteiger charge is 2.44. The molecule has 4 nitrogen and oxygen atoms in total. The monoisotopic (exact) mass is 495 g/mol. The van der Waals surface area contributed by atoms with Gasteiger partial charge in [-0.3, -0.25) is 0 Å². The van der Waals surface area contributed by atoms with Crippen molar-refractivity contribution in [3.63, 3.8) is 0 Å². The van der Waals surface area contributed by atoms with Gasteiger partial charge in [-0.25, -0.2) is 4.79 Å². The predicted octanol–water partition coefficient (Wildman–Crippen LogP) is 8.27. The van der Waals surface area contributed by atoms with E-state index in [2.05, 4.69) is 63.1 Å². The Balaban J connectivity index is 1.95. The molecule has 37 heavy (non-hydrogen) atoms. The van der Waals surface area contributed by atoms with Crippen molar-refractivity contribution in [2.45, 2.75) is 53.9 Å². The zero-order valence-electron chi connectivity index (χ0n) is 22.7. The third-order valence-corrected chi connectivity index (χ3v) is 7.17. The number of ether oxygens (including phenoxy) is 1. The number of carbonyl (C=O) groups is 1. The van der Waals surface area contributed by atoms with Gasteiger partial charge in [-0.05, 0) is 79.6 Å². The lowest BCUT2D eigenvalue weighted by molar-refractivity contribution is 0.0495. The quantitative estimate of drug-likeness (QED) is 0.350. The van der Waals surface area contributed by atoms with Gasteiger partial charge >= 0.3 is 5.97 Å². The van der Waals surface area contributed by atoms with Crippen molar-refractivity contribution in [3.05, 3.63) is 119 Å². The predicted molar refractivity (Wildman–Crippen MR) is 151 cm³/mol. The number of phenolic OH excluding ortho intramolecular Hbond substituents is 1. The van der Waals surface area contributed by atoms with Crippen LogP contribution in [0, 0.1) is 25.2 Å². The zero-order valence-corrected chi connectivity index (χ0v) is 22.7. The minimum Gasteiger partial charge on any atom is -0.508 e. The molecule has 192 valence electrons. The highest BCUT2D eigenvalue weighted by Crippen LogP contribution is 2.52. The van der Waals surface area contributed by atoms with Crippen LogP contribution < -0.4 is 4.90 Å². The number of rotatable bonds is 6. The molecule has 1 unspecified atom stereocenters. The molecule has 0 aliphatic carbocycles. The smallest absolute Gasteiger partial charge is 0.343 e. The van der Waals surface area contributed by atoms with Gasteiger partial charge < -0.3 is 14.7 Å². The van der Waals surface area contributed by atoms with Gasteiger partial charge in [-0.1, -0.05) is 69.3 Å². The maximum Gasteiger partial charge on any atom is 0.343 e. The Labute approximate surface area is 220 Å². The Bertz CT molecular complexity index is 1300. The SMILES string of the molecule is CC1=CN(c2c(C)cc(O)cc2C)C=C(OC(=O)c2ccccc2)[C@](C)(CC(C)C)C1c1ccccc1. The average molecular weight is 496 g/mol. The number of allylic oxidation sites excluding steroid dienone is 2. The first-order valence-electron chi connectivity index (χ1n) is 12.9. The lowest BCUT2D eigenvalue weighted by Crippen LogP contribution is -2.32. The van der Waals surface area contributed by atoms with Crippen LogP contribution in [0.25, 0.3) is 0 Å². The average Bonchev–Trinajstić information content (AvgIpc) is 2.92. The number of nitrogens with zero attached hydrogens (tertiary/aromatic N) is 1. The van der Waals surface area contributed by atoms with Crippen LogP contribution in [0.5, 0.6) is 5.75 Å². The van der Waals surface area contributed by atoms with Crippen LogP contribution in [-0.4, -0.2) is 11.1 Å². The Hall–Kier alpha value is -3.79. The number of hydrogen-bond donors (Lipinski definition) is 1. The topological polar surface area (TPSA) is 49.8 Å². The molecule has 0 spiro atoms. The Kier molecular flexibility index (Phi) is 7.58. The van der Waals surface area contributed by atoms with E-state index in [0.717, 1.165) is 23.2 Å². The second-order valence-electron chi connectivity index (χ2n) is 10.8. The van der Waals surface area contributed by atoms with Gasteiger partial charge in [0.1, 0.15) is 11.5 Å². The number of aryl methyl sites for hydroxylation is 2. The lowest BCUT2D eigenvalue weighted by Gasteiger charge is -2.40. The summed E-state index contributed by atoms with van der Waals surface area (Å²) in [7, 11) is 0. The molecule has 1 heterocycles. The number of hydrogen-bond acceptors (Lipinski definition) is 4. The van der Waals surface area contributed by atoms with E-state index in [9.17, 15) is 9.90 Å². The van der Waals surface area contributed by atoms with Gasteiger partial charge in [-0.15, -0.1) is 0 Å². The van der Waals surface area contributed by atoms with Gasteiger partial charge in [0, 0.05) is 23.7 Å². The molecular formula is C33H37NO3. The number of benzene rings is 3. The molecule has 0 saturated carbocycles. The van der Waals surface area contributed by atoms with Crippen LogP contribution in [-0.2, 0) is 4.74 Å². The summed E-state index contributed by atoms with van der Waals surface area (Å²) in [6, 6.07) is 23.1. The summed E-state index contributed by atoms with van der Waals surface area (Å²) >= 11 is 0. The molecule has 0 amide bonds. The van der Waals surface area contributed by atoms with E-state index >= 15 is 0 Å². The van der Waals surface area contributed by atoms with Crippen LogP contribution in [0.4, 0.5) is 5.69 Å². The van der Waals surface area contributed by atoms with Crippen molar-refractivity contribution >= 4 is 11.7 Å². The van der Waals surface area contributed by atoms with E-state index in [1.807, 2.05) is 44.3 Å². The molecule has 1 aliphatic heterocycles. The third-order valence-electron chi connectivity index (χ3n) is 7.17. The highest BCUT2D eigenvalue weighted by atomic mass is 16.5. The van der Waals surface area contributed by atoms with Gasteiger partial charge in [-0.2, -0.15) is 0 Å². The van der Waals surface area contributed by atoms with Crippen LogP contribution in [0.15, 0.2) is 96.5 Å². The van der Waals surface area contributed by atoms with Crippen LogP contribution in [0.2, 0.25) is 0 Å². The van der Waals surface area contributed by atoms with Gasteiger partial charge in [0.2, 0.25) is 0 Å². The van der Waals surface area contributed by atoms with Crippen molar-refractivity contribution < 1.29 is 14.6 Å². The Morgan fingerprint density at radius 3 is 2.08 bits per heavy atom. The first kappa shape index (κ1) is 26.3. The van der Waals surface area contributed by atoms with E-state index in [1.54, 1.807) is 24.3 Å². The van der Waals surface area contributed by atoms with Crippen molar-refractivity contribution in [3.8, 4) is 5.75 Å². The normalized spacial score (nSPS) is 19.8. The Morgan fingerprint density at radius 1 is 0.946 bits per heavy atom. The van der Waals surface area contributed by atoms with Crippen LogP contribution in [0.1, 0.15) is 67.1 Å². The zero-order chi connectivity index (χ0) is 26.7. The summed E-state index contributed by atoms with van der Waals surface area (Å²) in [5.74, 6) is 0.858. The first-order valence-corrected chi connectivity index (χ1v) is 12.9. The second kappa shape index (κ2) is 10.7. The standard InChI is InChI=1S/C33H37NO3/c1-22(2)19-33(6)29(37-32(36)27-15-11-8-12-16-27)21-34(31-23(3)17-28(35)18-24(31)4)20-25(5)30(33)26-13-9-7-10-14-26/h7-18,20-22,30,35H,19H2,1-6H3/t30?,33-/m0/s1. The summed E-state index contributed by atoms with van der Waals surface area (Å²) in [6.07, 6.45) is 4.95. The van der Waals surface area contributed by atoms with Crippen molar-refractivity contribution in [1.29, 1.82) is 0 Å². The van der Waals surface area contributed by atoms with E-state index < -0.39 is 5.41 Å². The van der Waals surface area contributed by atoms with Gasteiger partial charge in [0.25, 0.3) is 0 Å². The fraction of sp³-hybridized carbons (Fsp3) is 0.303. The number of aromatic hydroxyl groups is 1. The fourth-order valence-corrected chi connectivity index (χ4v) is 5.94. The Morgan fingerprint density at radius 2 is 1.51 bits per heavy atom. The lowest BCUT2D eigenvalue weighted by atomic mass is 9.65. The molecule has 4 rings (SSSR count). The maximum atomic E-state index is 13.4. The van der Waals surface area contributed by atoms with E-state index in [-0.39, 0.29) is 17.6 Å². The molecule has 0 bridgehead atoms. The highest BCUT2D eigenvalue weighted by molar-refractivity contribution is 5.90. The molecule has 3 aromatic rings. The van der Waals surface area contributed by atoms with E-state index in [4.69, 9.17) is 4.74 Å².